The maximum absolute atomic E-state index is 9.44. The number of aromatic nitrogens is 1. The summed E-state index contributed by atoms with van der Waals surface area (Å²) in [6.07, 6.45) is 0.392. The van der Waals surface area contributed by atoms with Gasteiger partial charge in [-0.05, 0) is 6.07 Å². The lowest BCUT2D eigenvalue weighted by Crippen LogP contribution is -2.22. The molecule has 0 bridgehead atoms. The number of hydrogen-bond acceptors (Lipinski definition) is 4. The third kappa shape index (κ3) is 2.38. The molecule has 1 aromatic heterocycles. The number of aliphatic hydroxyl groups excluding tert-OH is 3. The minimum atomic E-state index is -1.23. The monoisotopic (exact) mass is 203 g/mol. The number of pyridine rings is 1. The van der Waals surface area contributed by atoms with Crippen LogP contribution in [0.2, 0.25) is 5.02 Å². The highest BCUT2D eigenvalue weighted by Gasteiger charge is 2.19. The van der Waals surface area contributed by atoms with Crippen LogP contribution in [0.15, 0.2) is 18.5 Å². The lowest BCUT2D eigenvalue weighted by Gasteiger charge is -2.16. The lowest BCUT2D eigenvalue weighted by atomic mass is 10.1. The van der Waals surface area contributed by atoms with Crippen LogP contribution in [-0.2, 0) is 0 Å². The molecule has 3 N–H and O–H groups in total. The molecule has 2 unspecified atom stereocenters. The molecule has 0 spiro atoms. The topological polar surface area (TPSA) is 73.6 Å². The van der Waals surface area contributed by atoms with Gasteiger partial charge in [-0.3, -0.25) is 4.98 Å². The molecule has 4 nitrogen and oxygen atoms in total. The summed E-state index contributed by atoms with van der Waals surface area (Å²) in [5.41, 5.74) is 0.311. The SMILES string of the molecule is OCC(O)C(O)c1cnccc1Cl. The summed E-state index contributed by atoms with van der Waals surface area (Å²) in [7, 11) is 0. The fourth-order valence-electron chi connectivity index (χ4n) is 0.914. The Hall–Kier alpha value is -0.680. The Kier molecular flexibility index (Phi) is 3.62. The summed E-state index contributed by atoms with van der Waals surface area (Å²) in [5.74, 6) is 0. The molecule has 0 aromatic carbocycles. The van der Waals surface area contributed by atoms with Gasteiger partial charge in [0.15, 0.2) is 0 Å². The van der Waals surface area contributed by atoms with Crippen LogP contribution in [0.1, 0.15) is 11.7 Å². The summed E-state index contributed by atoms with van der Waals surface area (Å²) in [6.45, 7) is -0.521. The van der Waals surface area contributed by atoms with Gasteiger partial charge in [-0.15, -0.1) is 0 Å². The van der Waals surface area contributed by atoms with Crippen molar-refractivity contribution in [1.29, 1.82) is 0 Å². The molecule has 1 aromatic rings. The highest BCUT2D eigenvalue weighted by Crippen LogP contribution is 2.23. The first-order chi connectivity index (χ1) is 6.16. The van der Waals surface area contributed by atoms with Gasteiger partial charge in [0.1, 0.15) is 12.2 Å². The first-order valence-corrected chi connectivity index (χ1v) is 4.11. The van der Waals surface area contributed by atoms with Crippen molar-refractivity contribution in [2.75, 3.05) is 6.61 Å². The van der Waals surface area contributed by atoms with Gasteiger partial charge in [-0.2, -0.15) is 0 Å². The molecule has 0 saturated carbocycles. The average Bonchev–Trinajstić information content (AvgIpc) is 2.16. The molecule has 5 heteroatoms. The maximum atomic E-state index is 9.44. The van der Waals surface area contributed by atoms with E-state index < -0.39 is 18.8 Å². The number of hydrogen-bond donors (Lipinski definition) is 3. The van der Waals surface area contributed by atoms with Crippen LogP contribution in [0.25, 0.3) is 0 Å². The third-order valence-electron chi connectivity index (χ3n) is 1.67. The molecule has 0 radical (unpaired) electrons. The smallest absolute Gasteiger partial charge is 0.110 e. The number of nitrogens with zero attached hydrogens (tertiary/aromatic N) is 1. The van der Waals surface area contributed by atoms with E-state index in [1.54, 1.807) is 0 Å². The van der Waals surface area contributed by atoms with Crippen LogP contribution in [-0.4, -0.2) is 33.0 Å². The average molecular weight is 204 g/mol. The van der Waals surface area contributed by atoms with Crippen LogP contribution < -0.4 is 0 Å². The Morgan fingerprint density at radius 1 is 1.46 bits per heavy atom. The Morgan fingerprint density at radius 3 is 2.69 bits per heavy atom. The molecular formula is C8H10ClNO3. The zero-order chi connectivity index (χ0) is 9.84. The predicted octanol–water partition coefficient (Wildman–Crippen LogP) is 0.122. The van der Waals surface area contributed by atoms with E-state index in [2.05, 4.69) is 4.98 Å². The Morgan fingerprint density at radius 2 is 2.15 bits per heavy atom. The van der Waals surface area contributed by atoms with Crippen molar-refractivity contribution in [3.05, 3.63) is 29.0 Å². The van der Waals surface area contributed by atoms with Crippen LogP contribution in [0.4, 0.5) is 0 Å². The molecule has 1 rings (SSSR count). The van der Waals surface area contributed by atoms with Crippen molar-refractivity contribution in [3.8, 4) is 0 Å². The fourth-order valence-corrected chi connectivity index (χ4v) is 1.13. The zero-order valence-corrected chi connectivity index (χ0v) is 7.52. The van der Waals surface area contributed by atoms with Gasteiger partial charge in [-0.1, -0.05) is 11.6 Å². The van der Waals surface area contributed by atoms with E-state index in [9.17, 15) is 5.11 Å². The second-order valence-electron chi connectivity index (χ2n) is 2.59. The van der Waals surface area contributed by atoms with Gasteiger partial charge in [-0.25, -0.2) is 0 Å². The maximum Gasteiger partial charge on any atom is 0.110 e. The van der Waals surface area contributed by atoms with E-state index in [-0.39, 0.29) is 0 Å². The van der Waals surface area contributed by atoms with Gasteiger partial charge >= 0.3 is 0 Å². The van der Waals surface area contributed by atoms with Crippen molar-refractivity contribution in [1.82, 2.24) is 4.98 Å². The number of rotatable bonds is 3. The standard InChI is InChI=1S/C8H10ClNO3/c9-6-1-2-10-3-5(6)8(13)7(12)4-11/h1-3,7-8,11-13H,4H2. The Balaban J connectivity index is 2.88. The van der Waals surface area contributed by atoms with Crippen molar-refractivity contribution in [3.63, 3.8) is 0 Å². The molecule has 0 aliphatic carbocycles. The minimum Gasteiger partial charge on any atom is -0.394 e. The van der Waals surface area contributed by atoms with Gasteiger partial charge in [0.05, 0.1) is 6.61 Å². The normalized spacial score (nSPS) is 15.4. The lowest BCUT2D eigenvalue weighted by molar-refractivity contribution is -0.0153. The second-order valence-corrected chi connectivity index (χ2v) is 3.00. The first-order valence-electron chi connectivity index (χ1n) is 3.73. The molecule has 2 atom stereocenters. The molecule has 0 saturated heterocycles. The van der Waals surface area contributed by atoms with E-state index in [1.807, 2.05) is 0 Å². The van der Waals surface area contributed by atoms with E-state index in [4.69, 9.17) is 21.8 Å². The Bertz CT molecular complexity index is 282. The quantitative estimate of drug-likeness (QED) is 0.653. The molecular weight excluding hydrogens is 194 g/mol. The fraction of sp³-hybridized carbons (Fsp3) is 0.375. The van der Waals surface area contributed by atoms with Crippen LogP contribution in [0.3, 0.4) is 0 Å². The van der Waals surface area contributed by atoms with E-state index in [0.29, 0.717) is 10.6 Å². The predicted molar refractivity (Wildman–Crippen MR) is 47.3 cm³/mol. The summed E-state index contributed by atoms with van der Waals surface area (Å²) in [5, 5.41) is 27.5. The zero-order valence-electron chi connectivity index (χ0n) is 6.76. The van der Waals surface area contributed by atoms with Crippen LogP contribution in [0, 0.1) is 0 Å². The van der Waals surface area contributed by atoms with E-state index in [1.165, 1.54) is 18.5 Å². The van der Waals surface area contributed by atoms with E-state index >= 15 is 0 Å². The second kappa shape index (κ2) is 4.53. The van der Waals surface area contributed by atoms with Crippen molar-refractivity contribution < 1.29 is 15.3 Å². The van der Waals surface area contributed by atoms with Crippen molar-refractivity contribution >= 4 is 11.6 Å². The molecule has 0 aliphatic rings. The summed E-state index contributed by atoms with van der Waals surface area (Å²) >= 11 is 5.73. The molecule has 0 fully saturated rings. The summed E-state index contributed by atoms with van der Waals surface area (Å²) in [4.78, 5) is 3.75. The van der Waals surface area contributed by atoms with Gasteiger partial charge in [0, 0.05) is 23.0 Å². The molecule has 0 amide bonds. The van der Waals surface area contributed by atoms with Gasteiger partial charge in [0.2, 0.25) is 0 Å². The number of aliphatic hydroxyl groups is 3. The van der Waals surface area contributed by atoms with Crippen molar-refractivity contribution in [2.45, 2.75) is 12.2 Å². The van der Waals surface area contributed by atoms with Gasteiger partial charge < -0.3 is 15.3 Å². The van der Waals surface area contributed by atoms with Crippen molar-refractivity contribution in [2.24, 2.45) is 0 Å². The summed E-state index contributed by atoms with van der Waals surface area (Å²) < 4.78 is 0. The largest absolute Gasteiger partial charge is 0.394 e. The highest BCUT2D eigenvalue weighted by atomic mass is 35.5. The molecule has 13 heavy (non-hydrogen) atoms. The first kappa shape index (κ1) is 10.4. The molecule has 0 aliphatic heterocycles. The van der Waals surface area contributed by atoms with E-state index in [0.717, 1.165) is 0 Å². The Labute approximate surface area is 80.4 Å². The van der Waals surface area contributed by atoms with Crippen LogP contribution in [0.5, 0.6) is 0 Å². The number of halogens is 1. The van der Waals surface area contributed by atoms with Gasteiger partial charge in [0.25, 0.3) is 0 Å². The third-order valence-corrected chi connectivity index (χ3v) is 2.01. The minimum absolute atomic E-state index is 0.311. The summed E-state index contributed by atoms with van der Waals surface area (Å²) in [6, 6.07) is 1.50. The highest BCUT2D eigenvalue weighted by molar-refractivity contribution is 6.31. The molecule has 1 heterocycles. The molecule has 72 valence electrons. The van der Waals surface area contributed by atoms with Crippen LogP contribution >= 0.6 is 11.6 Å².